The molecule has 2 aliphatic heterocycles. The van der Waals surface area contributed by atoms with Crippen LogP contribution in [0.1, 0.15) is 85.5 Å². The first-order valence-corrected chi connectivity index (χ1v) is 18.7. The molecule has 0 radical (unpaired) electrons. The molecule has 2 atom stereocenters. The molecule has 1 aliphatic carbocycles. The Labute approximate surface area is 302 Å². The van der Waals surface area contributed by atoms with Gasteiger partial charge in [-0.2, -0.15) is 18.2 Å². The standard InChI is InChI=1S/C37H43F3N6O5S/c1-23-8-9-25(30(35(3,4)34(47)48)27-12-17-46-31(24(27)2)42-43-33(46)37(38,39)40)20-26(23)21-45-22-36(13-14-36)51-32-28(52(45)49)10-11-29(41-32)50-19-18-44-15-6-5-7-16-44/h8-12,17,20,30H,5-7,13-16,18-19,21-22H2,1-4H3,(H,47,48). The number of benzene rings is 1. The van der Waals surface area contributed by atoms with Gasteiger partial charge in [0.2, 0.25) is 17.6 Å². The van der Waals surface area contributed by atoms with Gasteiger partial charge in [-0.3, -0.25) is 14.1 Å². The van der Waals surface area contributed by atoms with Crippen LogP contribution in [0.2, 0.25) is 0 Å². The van der Waals surface area contributed by atoms with E-state index < -0.39 is 45.9 Å². The van der Waals surface area contributed by atoms with Crippen molar-refractivity contribution in [2.45, 2.75) is 88.9 Å². The molecule has 7 rings (SSSR count). The molecule has 52 heavy (non-hydrogen) atoms. The minimum atomic E-state index is -4.71. The fourth-order valence-electron chi connectivity index (χ4n) is 7.37. The Morgan fingerprint density at radius 1 is 1.08 bits per heavy atom. The summed E-state index contributed by atoms with van der Waals surface area (Å²) in [5, 5.41) is 17.6. The van der Waals surface area contributed by atoms with Crippen LogP contribution in [-0.4, -0.2) is 82.5 Å². The van der Waals surface area contributed by atoms with Gasteiger partial charge in [0.15, 0.2) is 5.65 Å². The molecule has 1 N–H and O–H groups in total. The number of aryl methyl sites for hydroxylation is 2. The van der Waals surface area contributed by atoms with E-state index in [2.05, 4.69) is 20.1 Å². The molecular weight excluding hydrogens is 698 g/mol. The highest BCUT2D eigenvalue weighted by Crippen LogP contribution is 2.47. The summed E-state index contributed by atoms with van der Waals surface area (Å²) < 4.78 is 70.3. The molecule has 278 valence electrons. The third-order valence-electron chi connectivity index (χ3n) is 10.7. The molecule has 0 bridgehead atoms. The van der Waals surface area contributed by atoms with Crippen molar-refractivity contribution in [3.8, 4) is 11.8 Å². The Balaban J connectivity index is 1.18. The maximum Gasteiger partial charge on any atom is 0.452 e. The van der Waals surface area contributed by atoms with Crippen molar-refractivity contribution in [2.75, 3.05) is 32.8 Å². The SMILES string of the molecule is Cc1ccc(C(c2ccn3c(C(F)(F)F)nnc3c2C)C(C)(C)C(=O)O)cc1CN1CC2(CC2)Oc2nc(OCCN3CCCCC3)ccc2S1=O. The highest BCUT2D eigenvalue weighted by atomic mass is 32.2. The molecule has 4 aromatic rings. The van der Waals surface area contributed by atoms with E-state index in [0.29, 0.717) is 46.5 Å². The second-order valence-electron chi connectivity index (χ2n) is 14.8. The zero-order chi connectivity index (χ0) is 37.0. The lowest BCUT2D eigenvalue weighted by Gasteiger charge is -2.33. The second kappa shape index (κ2) is 13.7. The average molecular weight is 741 g/mol. The van der Waals surface area contributed by atoms with Gasteiger partial charge in [-0.25, -0.2) is 8.51 Å². The first-order chi connectivity index (χ1) is 24.7. The number of hydrogen-bond donors (Lipinski definition) is 1. The normalized spacial score (nSPS) is 19.9. The number of aromatic nitrogens is 4. The summed E-state index contributed by atoms with van der Waals surface area (Å²) in [6.45, 7) is 10.9. The summed E-state index contributed by atoms with van der Waals surface area (Å²) in [6.07, 6.45) is 1.78. The molecule has 3 aromatic heterocycles. The van der Waals surface area contributed by atoms with Crippen molar-refractivity contribution in [3.05, 3.63) is 76.2 Å². The number of halogens is 3. The van der Waals surface area contributed by atoms with Crippen molar-refractivity contribution in [3.63, 3.8) is 0 Å². The summed E-state index contributed by atoms with van der Waals surface area (Å²) in [4.78, 5) is 20.3. The number of hydrogen-bond acceptors (Lipinski definition) is 8. The number of piperidine rings is 1. The van der Waals surface area contributed by atoms with E-state index in [0.717, 1.165) is 48.0 Å². The quantitative estimate of drug-likeness (QED) is 0.199. The maximum absolute atomic E-state index is 14.2. The minimum Gasteiger partial charge on any atom is -0.481 e. The summed E-state index contributed by atoms with van der Waals surface area (Å²) >= 11 is 0. The molecule has 3 aliphatic rings. The minimum absolute atomic E-state index is 0.000811. The summed E-state index contributed by atoms with van der Waals surface area (Å²) in [5.74, 6) is -2.25. The molecular formula is C37H43F3N6O5S. The van der Waals surface area contributed by atoms with Crippen molar-refractivity contribution in [1.82, 2.24) is 28.8 Å². The van der Waals surface area contributed by atoms with Gasteiger partial charge in [0.1, 0.15) is 28.1 Å². The highest BCUT2D eigenvalue weighted by Gasteiger charge is 2.51. The first-order valence-electron chi connectivity index (χ1n) is 17.6. The van der Waals surface area contributed by atoms with Crippen LogP contribution in [0.15, 0.2) is 47.5 Å². The van der Waals surface area contributed by atoms with Crippen LogP contribution in [0.25, 0.3) is 5.65 Å². The lowest BCUT2D eigenvalue weighted by Crippen LogP contribution is -2.36. The Kier molecular flexibility index (Phi) is 9.57. The van der Waals surface area contributed by atoms with Crippen molar-refractivity contribution in [1.29, 1.82) is 0 Å². The Morgan fingerprint density at radius 3 is 2.52 bits per heavy atom. The van der Waals surface area contributed by atoms with E-state index in [-0.39, 0.29) is 12.2 Å². The number of nitrogens with zero attached hydrogens (tertiary/aromatic N) is 6. The van der Waals surface area contributed by atoms with E-state index in [4.69, 9.17) is 9.47 Å². The van der Waals surface area contributed by atoms with Crippen LogP contribution >= 0.6 is 0 Å². The topological polar surface area (TPSA) is 122 Å². The van der Waals surface area contributed by atoms with Crippen molar-refractivity contribution >= 4 is 22.6 Å². The van der Waals surface area contributed by atoms with Crippen LogP contribution in [0.5, 0.6) is 11.8 Å². The predicted octanol–water partition coefficient (Wildman–Crippen LogP) is 6.32. The van der Waals surface area contributed by atoms with Crippen LogP contribution in [0.3, 0.4) is 0 Å². The Morgan fingerprint density at radius 2 is 1.83 bits per heavy atom. The molecule has 5 heterocycles. The number of alkyl halides is 3. The molecule has 1 saturated carbocycles. The number of carboxylic acids is 1. The number of likely N-dealkylation sites (tertiary alicyclic amines) is 1. The van der Waals surface area contributed by atoms with Gasteiger partial charge in [0.05, 0.1) is 12.0 Å². The molecule has 1 aromatic carbocycles. The van der Waals surface area contributed by atoms with Crippen molar-refractivity contribution in [2.24, 2.45) is 5.41 Å². The number of rotatable bonds is 10. The summed E-state index contributed by atoms with van der Waals surface area (Å²) in [6, 6.07) is 10.7. The van der Waals surface area contributed by atoms with Crippen LogP contribution < -0.4 is 9.47 Å². The van der Waals surface area contributed by atoms with Gasteiger partial charge in [0, 0.05) is 31.3 Å². The largest absolute Gasteiger partial charge is 0.481 e. The lowest BCUT2D eigenvalue weighted by molar-refractivity contribution is -0.147. The number of ether oxygens (including phenoxy) is 2. The third-order valence-corrected chi connectivity index (χ3v) is 12.1. The molecule has 2 unspecified atom stereocenters. The molecule has 1 spiro atoms. The second-order valence-corrected chi connectivity index (χ2v) is 16.2. The van der Waals surface area contributed by atoms with Gasteiger partial charge >= 0.3 is 12.1 Å². The smallest absolute Gasteiger partial charge is 0.452 e. The number of carboxylic acid groups (broad SMARTS) is 1. The van der Waals surface area contributed by atoms with Gasteiger partial charge in [-0.05, 0) is 106 Å². The number of carbonyl (C=O) groups is 1. The lowest BCUT2D eigenvalue weighted by atomic mass is 9.70. The fourth-order valence-corrected chi connectivity index (χ4v) is 8.68. The van der Waals surface area contributed by atoms with E-state index in [9.17, 15) is 27.3 Å². The monoisotopic (exact) mass is 740 g/mol. The predicted molar refractivity (Wildman–Crippen MR) is 187 cm³/mol. The summed E-state index contributed by atoms with van der Waals surface area (Å²) in [7, 11) is -1.63. The van der Waals surface area contributed by atoms with Gasteiger partial charge in [-0.1, -0.05) is 24.6 Å². The van der Waals surface area contributed by atoms with E-state index in [1.54, 1.807) is 32.9 Å². The van der Waals surface area contributed by atoms with Crippen LogP contribution in [-0.2, 0) is 28.5 Å². The fraction of sp³-hybridized carbons (Fsp3) is 0.514. The third kappa shape index (κ3) is 7.02. The van der Waals surface area contributed by atoms with E-state index >= 15 is 0 Å². The van der Waals surface area contributed by atoms with Crippen LogP contribution in [0.4, 0.5) is 13.2 Å². The zero-order valence-corrected chi connectivity index (χ0v) is 30.5. The van der Waals surface area contributed by atoms with Gasteiger partial charge in [0.25, 0.3) is 0 Å². The molecule has 1 saturated heterocycles. The maximum atomic E-state index is 14.2. The molecule has 0 amide bonds. The zero-order valence-electron chi connectivity index (χ0n) is 29.7. The molecule has 2 fully saturated rings. The molecule has 15 heteroatoms. The average Bonchev–Trinajstić information content (AvgIpc) is 3.72. The van der Waals surface area contributed by atoms with E-state index in [1.165, 1.54) is 31.5 Å². The number of aliphatic carboxylic acids is 1. The highest BCUT2D eigenvalue weighted by molar-refractivity contribution is 7.82. The summed E-state index contributed by atoms with van der Waals surface area (Å²) in [5.41, 5.74) is 1.42. The van der Waals surface area contributed by atoms with Gasteiger partial charge < -0.3 is 14.6 Å². The Hall–Kier alpha value is -4.08. The first kappa shape index (κ1) is 36.3. The number of pyridine rings is 2. The van der Waals surface area contributed by atoms with Crippen LogP contribution in [0, 0.1) is 19.3 Å². The number of fused-ring (bicyclic) bond motifs is 2. The Bertz CT molecular complexity index is 2020. The van der Waals surface area contributed by atoms with Gasteiger partial charge in [-0.15, -0.1) is 10.2 Å². The molecule has 11 nitrogen and oxygen atoms in total. The van der Waals surface area contributed by atoms with Crippen molar-refractivity contribution < 1.29 is 36.8 Å². The van der Waals surface area contributed by atoms with E-state index in [1.807, 2.05) is 29.4 Å².